The number of amides is 2. The quantitative estimate of drug-likeness (QED) is 0.883. The molecule has 0 radical (unpaired) electrons. The second kappa shape index (κ2) is 7.83. The molecule has 0 aliphatic carbocycles. The van der Waals surface area contributed by atoms with Crippen LogP contribution in [0.2, 0.25) is 0 Å². The highest BCUT2D eigenvalue weighted by atomic mass is 32.1. The molecule has 2 amide bonds. The van der Waals surface area contributed by atoms with Crippen molar-refractivity contribution in [3.05, 3.63) is 15.6 Å². The molecule has 25 heavy (non-hydrogen) atoms. The number of carbonyl (C=O) groups is 2. The summed E-state index contributed by atoms with van der Waals surface area (Å²) in [6.07, 6.45) is 2.76. The Morgan fingerprint density at radius 2 is 2.20 bits per heavy atom. The molecule has 2 saturated heterocycles. The van der Waals surface area contributed by atoms with Crippen molar-refractivity contribution in [2.24, 2.45) is 5.92 Å². The van der Waals surface area contributed by atoms with Crippen LogP contribution in [0, 0.1) is 12.8 Å². The molecule has 0 bridgehead atoms. The van der Waals surface area contributed by atoms with E-state index in [2.05, 4.69) is 24.1 Å². The molecule has 2 aliphatic heterocycles. The van der Waals surface area contributed by atoms with Gasteiger partial charge in [0.25, 0.3) is 5.91 Å². The molecule has 2 fully saturated rings. The van der Waals surface area contributed by atoms with Crippen LogP contribution in [0.5, 0.6) is 0 Å². The Bertz CT molecular complexity index is 643. The fraction of sp³-hybridized carbons (Fsp3) is 0.722. The lowest BCUT2D eigenvalue weighted by molar-refractivity contribution is -0.135. The molecular formula is C18H28N4O2S. The van der Waals surface area contributed by atoms with Crippen molar-refractivity contribution in [2.45, 2.75) is 46.1 Å². The van der Waals surface area contributed by atoms with E-state index in [-0.39, 0.29) is 17.9 Å². The van der Waals surface area contributed by atoms with E-state index in [1.807, 2.05) is 16.7 Å². The first-order valence-corrected chi connectivity index (χ1v) is 10.0. The molecule has 2 aliphatic rings. The topological polar surface area (TPSA) is 65.5 Å². The van der Waals surface area contributed by atoms with Gasteiger partial charge >= 0.3 is 0 Å². The van der Waals surface area contributed by atoms with E-state index in [1.165, 1.54) is 11.3 Å². The molecule has 7 heteroatoms. The van der Waals surface area contributed by atoms with Crippen LogP contribution >= 0.6 is 11.3 Å². The van der Waals surface area contributed by atoms with Crippen LogP contribution in [0.1, 0.15) is 47.1 Å². The van der Waals surface area contributed by atoms with Crippen LogP contribution in [0.3, 0.4) is 0 Å². The number of rotatable bonds is 4. The average molecular weight is 365 g/mol. The van der Waals surface area contributed by atoms with Crippen molar-refractivity contribution in [3.63, 3.8) is 0 Å². The third kappa shape index (κ3) is 4.20. The lowest BCUT2D eigenvalue weighted by atomic mass is 10.0. The number of aromatic nitrogens is 1. The van der Waals surface area contributed by atoms with Gasteiger partial charge in [0.15, 0.2) is 0 Å². The standard InChI is InChI=1S/C18H28N4O2S/c1-12(2)9-15-17(25-13(3)20-15)18(24)21-7-4-5-14(11-21)22-8-6-19-10-16(22)23/h12,14,19H,4-11H2,1-3H3. The van der Waals surface area contributed by atoms with Gasteiger partial charge in [-0.3, -0.25) is 9.59 Å². The zero-order valence-electron chi connectivity index (χ0n) is 15.4. The number of hydrogen-bond acceptors (Lipinski definition) is 5. The first-order chi connectivity index (χ1) is 12.0. The smallest absolute Gasteiger partial charge is 0.265 e. The Morgan fingerprint density at radius 3 is 2.92 bits per heavy atom. The molecule has 1 N–H and O–H groups in total. The fourth-order valence-electron chi connectivity index (χ4n) is 3.71. The molecule has 0 aromatic carbocycles. The van der Waals surface area contributed by atoms with Crippen LogP contribution in [-0.2, 0) is 11.2 Å². The van der Waals surface area contributed by atoms with Crippen molar-refractivity contribution in [3.8, 4) is 0 Å². The van der Waals surface area contributed by atoms with Gasteiger partial charge in [-0.25, -0.2) is 4.98 Å². The first kappa shape index (κ1) is 18.3. The summed E-state index contributed by atoms with van der Waals surface area (Å²) in [7, 11) is 0. The lowest BCUT2D eigenvalue weighted by Gasteiger charge is -2.41. The highest BCUT2D eigenvalue weighted by Gasteiger charge is 2.33. The van der Waals surface area contributed by atoms with Crippen LogP contribution in [0.25, 0.3) is 0 Å². The number of thiazole rings is 1. The molecule has 3 heterocycles. The zero-order valence-corrected chi connectivity index (χ0v) is 16.2. The van der Waals surface area contributed by atoms with E-state index in [0.29, 0.717) is 19.0 Å². The maximum absolute atomic E-state index is 13.1. The minimum absolute atomic E-state index is 0.0912. The minimum atomic E-state index is 0.0912. The monoisotopic (exact) mass is 364 g/mol. The van der Waals surface area contributed by atoms with E-state index in [0.717, 1.165) is 54.5 Å². The van der Waals surface area contributed by atoms with Crippen LogP contribution in [-0.4, -0.2) is 65.4 Å². The van der Waals surface area contributed by atoms with Crippen molar-refractivity contribution in [1.29, 1.82) is 0 Å². The van der Waals surface area contributed by atoms with Gasteiger partial charge in [-0.1, -0.05) is 13.8 Å². The Kier molecular flexibility index (Phi) is 5.74. The van der Waals surface area contributed by atoms with E-state index >= 15 is 0 Å². The van der Waals surface area contributed by atoms with E-state index in [4.69, 9.17) is 0 Å². The maximum atomic E-state index is 13.1. The third-order valence-electron chi connectivity index (χ3n) is 4.85. The molecule has 0 saturated carbocycles. The Labute approximate surface area is 153 Å². The van der Waals surface area contributed by atoms with E-state index in [1.54, 1.807) is 0 Å². The van der Waals surface area contributed by atoms with Gasteiger partial charge in [0.05, 0.1) is 17.2 Å². The number of aryl methyl sites for hydroxylation is 1. The normalized spacial score (nSPS) is 21.9. The summed E-state index contributed by atoms with van der Waals surface area (Å²) < 4.78 is 0. The van der Waals surface area contributed by atoms with Crippen molar-refractivity contribution >= 4 is 23.2 Å². The molecule has 3 rings (SSSR count). The summed E-state index contributed by atoms with van der Waals surface area (Å²) in [5, 5.41) is 4.06. The number of nitrogens with one attached hydrogen (secondary N) is 1. The SMILES string of the molecule is Cc1nc(CC(C)C)c(C(=O)N2CCCC(N3CCNCC3=O)C2)s1. The number of hydrogen-bond donors (Lipinski definition) is 1. The van der Waals surface area contributed by atoms with Crippen LogP contribution in [0.15, 0.2) is 0 Å². The van der Waals surface area contributed by atoms with E-state index < -0.39 is 0 Å². The first-order valence-electron chi connectivity index (χ1n) is 9.21. The molecular weight excluding hydrogens is 336 g/mol. The number of nitrogens with zero attached hydrogens (tertiary/aromatic N) is 3. The molecule has 1 unspecified atom stereocenters. The second-order valence-corrected chi connectivity index (χ2v) is 8.62. The lowest BCUT2D eigenvalue weighted by Crippen LogP contribution is -2.57. The van der Waals surface area contributed by atoms with Crippen LogP contribution < -0.4 is 5.32 Å². The van der Waals surface area contributed by atoms with Gasteiger partial charge in [0, 0.05) is 32.2 Å². The summed E-state index contributed by atoms with van der Waals surface area (Å²) in [4.78, 5) is 34.5. The highest BCUT2D eigenvalue weighted by molar-refractivity contribution is 7.13. The largest absolute Gasteiger partial charge is 0.336 e. The molecule has 6 nitrogen and oxygen atoms in total. The highest BCUT2D eigenvalue weighted by Crippen LogP contribution is 2.25. The summed E-state index contributed by atoms with van der Waals surface area (Å²) in [6.45, 7) is 9.66. The fourth-order valence-corrected chi connectivity index (χ4v) is 4.62. The van der Waals surface area contributed by atoms with Crippen molar-refractivity contribution < 1.29 is 9.59 Å². The molecule has 0 spiro atoms. The second-order valence-electron chi connectivity index (χ2n) is 7.42. The van der Waals surface area contributed by atoms with Crippen LogP contribution in [0.4, 0.5) is 0 Å². The number of piperazine rings is 1. The Morgan fingerprint density at radius 1 is 1.40 bits per heavy atom. The summed E-state index contributed by atoms with van der Waals surface area (Å²) >= 11 is 1.50. The number of likely N-dealkylation sites (tertiary alicyclic amines) is 1. The summed E-state index contributed by atoms with van der Waals surface area (Å²) in [6, 6.07) is 0.148. The number of carbonyl (C=O) groups excluding carboxylic acids is 2. The Hall–Kier alpha value is -1.47. The minimum Gasteiger partial charge on any atom is -0.336 e. The summed E-state index contributed by atoms with van der Waals surface area (Å²) in [5.74, 6) is 0.717. The third-order valence-corrected chi connectivity index (χ3v) is 5.85. The molecule has 1 aromatic rings. The maximum Gasteiger partial charge on any atom is 0.265 e. The van der Waals surface area contributed by atoms with Gasteiger partial charge in [0.1, 0.15) is 4.88 Å². The summed E-state index contributed by atoms with van der Waals surface area (Å²) in [5.41, 5.74) is 0.933. The van der Waals surface area contributed by atoms with Gasteiger partial charge in [-0.15, -0.1) is 11.3 Å². The predicted molar refractivity (Wildman–Crippen MR) is 98.9 cm³/mol. The van der Waals surface area contributed by atoms with Gasteiger partial charge in [-0.05, 0) is 32.1 Å². The zero-order chi connectivity index (χ0) is 18.0. The van der Waals surface area contributed by atoms with Gasteiger partial charge in [0.2, 0.25) is 5.91 Å². The molecule has 138 valence electrons. The predicted octanol–water partition coefficient (Wildman–Crippen LogP) is 1.69. The average Bonchev–Trinajstić information content (AvgIpc) is 2.94. The van der Waals surface area contributed by atoms with E-state index in [9.17, 15) is 9.59 Å². The number of piperidine rings is 1. The molecule has 1 aromatic heterocycles. The van der Waals surface area contributed by atoms with Gasteiger partial charge < -0.3 is 15.1 Å². The Balaban J connectivity index is 1.73. The molecule has 1 atom stereocenters. The van der Waals surface area contributed by atoms with Crippen molar-refractivity contribution in [1.82, 2.24) is 20.1 Å². The van der Waals surface area contributed by atoms with Gasteiger partial charge in [-0.2, -0.15) is 0 Å². The van der Waals surface area contributed by atoms with Crippen molar-refractivity contribution in [2.75, 3.05) is 32.7 Å².